The van der Waals surface area contributed by atoms with Crippen LogP contribution in [0.2, 0.25) is 0 Å². The summed E-state index contributed by atoms with van der Waals surface area (Å²) in [6.45, 7) is 13.0. The number of ether oxygens (including phenoxy) is 3. The molecule has 2 rings (SSSR count). The standard InChI is InChI=1S/C32H48O5/c1-30(2,3)37-29(34)25-35-24-19-26-15-10-12-21-32(26,6)22-13-11-18-28(33)31(4,5)20-14-23-36-27-16-8-7-9-17-27/h7-9,11,13,16-19,22,28,33H,10,12,14-15,20-21,23-25H2,1-6H3/b18-11+,22-13+,26-19+/t28?,32-/m0/s1. The predicted octanol–water partition coefficient (Wildman–Crippen LogP) is 7.21. The molecule has 5 heteroatoms. The van der Waals surface area contributed by atoms with Crippen LogP contribution in [-0.2, 0) is 14.3 Å². The number of carbonyl (C=O) groups excluding carboxylic acids is 1. The van der Waals surface area contributed by atoms with Crippen LogP contribution in [0.1, 0.15) is 80.1 Å². The third kappa shape index (κ3) is 11.7. The molecule has 1 aliphatic carbocycles. The molecule has 0 amide bonds. The zero-order valence-electron chi connectivity index (χ0n) is 23.8. The van der Waals surface area contributed by atoms with Crippen LogP contribution in [0.15, 0.2) is 66.3 Å². The smallest absolute Gasteiger partial charge is 0.332 e. The highest BCUT2D eigenvalue weighted by Crippen LogP contribution is 2.41. The maximum absolute atomic E-state index is 11.9. The van der Waals surface area contributed by atoms with Crippen molar-refractivity contribution in [3.05, 3.63) is 66.3 Å². The van der Waals surface area contributed by atoms with E-state index in [2.05, 4.69) is 39.0 Å². The lowest BCUT2D eigenvalue weighted by Crippen LogP contribution is -2.28. The van der Waals surface area contributed by atoms with Gasteiger partial charge in [0, 0.05) is 5.41 Å². The summed E-state index contributed by atoms with van der Waals surface area (Å²) in [6.07, 6.45) is 15.9. The van der Waals surface area contributed by atoms with Gasteiger partial charge in [0.15, 0.2) is 0 Å². The van der Waals surface area contributed by atoms with Gasteiger partial charge in [-0.1, -0.05) is 81.3 Å². The number of para-hydroxylation sites is 1. The maximum Gasteiger partial charge on any atom is 0.332 e. The van der Waals surface area contributed by atoms with E-state index in [0.29, 0.717) is 13.2 Å². The Morgan fingerprint density at radius 1 is 1.11 bits per heavy atom. The molecule has 1 N–H and O–H groups in total. The minimum atomic E-state index is -0.538. The lowest BCUT2D eigenvalue weighted by molar-refractivity contribution is -0.159. The van der Waals surface area contributed by atoms with Crippen molar-refractivity contribution in [3.8, 4) is 5.75 Å². The van der Waals surface area contributed by atoms with Crippen LogP contribution in [0.4, 0.5) is 0 Å². The largest absolute Gasteiger partial charge is 0.494 e. The topological polar surface area (TPSA) is 65.0 Å². The van der Waals surface area contributed by atoms with Crippen molar-refractivity contribution in [1.82, 2.24) is 0 Å². The minimum Gasteiger partial charge on any atom is -0.494 e. The highest BCUT2D eigenvalue weighted by molar-refractivity contribution is 5.71. The highest BCUT2D eigenvalue weighted by Gasteiger charge is 2.29. The number of hydrogen-bond donors (Lipinski definition) is 1. The van der Waals surface area contributed by atoms with Gasteiger partial charge >= 0.3 is 5.97 Å². The fourth-order valence-electron chi connectivity index (χ4n) is 4.53. The van der Waals surface area contributed by atoms with Gasteiger partial charge in [-0.2, -0.15) is 0 Å². The van der Waals surface area contributed by atoms with Gasteiger partial charge in [-0.05, 0) is 70.4 Å². The van der Waals surface area contributed by atoms with Crippen molar-refractivity contribution < 1.29 is 24.1 Å². The lowest BCUT2D eigenvalue weighted by atomic mass is 9.71. The Morgan fingerprint density at radius 3 is 2.54 bits per heavy atom. The molecule has 0 heterocycles. The molecule has 0 bridgehead atoms. The number of aliphatic hydroxyl groups excluding tert-OH is 1. The average molecular weight is 513 g/mol. The predicted molar refractivity (Wildman–Crippen MR) is 151 cm³/mol. The first-order valence-electron chi connectivity index (χ1n) is 13.6. The first-order valence-corrected chi connectivity index (χ1v) is 13.6. The van der Waals surface area contributed by atoms with Gasteiger partial charge in [0.05, 0.1) is 19.3 Å². The molecule has 0 aliphatic heterocycles. The number of benzene rings is 1. The summed E-state index contributed by atoms with van der Waals surface area (Å²) < 4.78 is 16.6. The van der Waals surface area contributed by atoms with Crippen LogP contribution in [-0.4, -0.2) is 42.6 Å². The molecule has 2 atom stereocenters. The molecule has 1 aliphatic rings. The Balaban J connectivity index is 1.83. The van der Waals surface area contributed by atoms with Gasteiger partial charge in [0.2, 0.25) is 0 Å². The third-order valence-electron chi connectivity index (χ3n) is 6.86. The van der Waals surface area contributed by atoms with Crippen LogP contribution >= 0.6 is 0 Å². The van der Waals surface area contributed by atoms with E-state index < -0.39 is 11.7 Å². The van der Waals surface area contributed by atoms with E-state index in [1.54, 1.807) is 0 Å². The van der Waals surface area contributed by atoms with Gasteiger partial charge in [0.1, 0.15) is 18.0 Å². The van der Waals surface area contributed by atoms with Gasteiger partial charge in [-0.3, -0.25) is 0 Å². The first-order chi connectivity index (χ1) is 17.4. The maximum atomic E-state index is 11.9. The summed E-state index contributed by atoms with van der Waals surface area (Å²) in [4.78, 5) is 11.9. The molecule has 206 valence electrons. The van der Waals surface area contributed by atoms with Crippen LogP contribution in [0, 0.1) is 10.8 Å². The van der Waals surface area contributed by atoms with Crippen molar-refractivity contribution in [3.63, 3.8) is 0 Å². The van der Waals surface area contributed by atoms with E-state index in [4.69, 9.17) is 14.2 Å². The van der Waals surface area contributed by atoms with Crippen LogP contribution < -0.4 is 4.74 Å². The van der Waals surface area contributed by atoms with Gasteiger partial charge in [0.25, 0.3) is 0 Å². The number of rotatable bonds is 13. The summed E-state index contributed by atoms with van der Waals surface area (Å²) in [5, 5.41) is 10.8. The van der Waals surface area contributed by atoms with E-state index in [1.807, 2.05) is 63.3 Å². The van der Waals surface area contributed by atoms with Crippen molar-refractivity contribution in [2.24, 2.45) is 10.8 Å². The summed E-state index contributed by atoms with van der Waals surface area (Å²) >= 11 is 0. The van der Waals surface area contributed by atoms with Crippen LogP contribution in [0.25, 0.3) is 0 Å². The molecule has 1 aromatic rings. The Kier molecular flexibility index (Phi) is 12.1. The molecule has 0 spiro atoms. The fourth-order valence-corrected chi connectivity index (χ4v) is 4.53. The van der Waals surface area contributed by atoms with E-state index in [9.17, 15) is 9.90 Å². The van der Waals surface area contributed by atoms with E-state index in [1.165, 1.54) is 12.0 Å². The summed E-state index contributed by atoms with van der Waals surface area (Å²) in [5.74, 6) is 0.539. The molecule has 1 aromatic carbocycles. The Bertz CT molecular complexity index is 907. The second-order valence-corrected chi connectivity index (χ2v) is 11.9. The van der Waals surface area contributed by atoms with E-state index in [0.717, 1.165) is 37.9 Å². The molecule has 5 nitrogen and oxygen atoms in total. The third-order valence-corrected chi connectivity index (χ3v) is 6.86. The zero-order chi connectivity index (χ0) is 27.4. The molecule has 37 heavy (non-hydrogen) atoms. The minimum absolute atomic E-state index is 0.0393. The number of allylic oxidation sites excluding steroid dienone is 4. The van der Waals surface area contributed by atoms with Gasteiger partial charge in [-0.15, -0.1) is 0 Å². The molecule has 1 fully saturated rings. The monoisotopic (exact) mass is 512 g/mol. The normalized spacial score (nSPS) is 21.0. The second-order valence-electron chi connectivity index (χ2n) is 11.9. The van der Waals surface area contributed by atoms with Crippen molar-refractivity contribution in [2.75, 3.05) is 19.8 Å². The Morgan fingerprint density at radius 2 is 1.84 bits per heavy atom. The van der Waals surface area contributed by atoms with Gasteiger partial charge < -0.3 is 19.3 Å². The molecule has 1 unspecified atom stereocenters. The molecule has 0 aromatic heterocycles. The highest BCUT2D eigenvalue weighted by atomic mass is 16.6. The second kappa shape index (κ2) is 14.5. The van der Waals surface area contributed by atoms with Crippen molar-refractivity contribution in [2.45, 2.75) is 91.8 Å². The van der Waals surface area contributed by atoms with E-state index in [-0.39, 0.29) is 23.4 Å². The summed E-state index contributed by atoms with van der Waals surface area (Å²) in [6, 6.07) is 9.82. The molecular weight excluding hydrogens is 464 g/mol. The fraction of sp³-hybridized carbons (Fsp3) is 0.594. The molecular formula is C32H48O5. The Hall–Kier alpha value is -2.37. The van der Waals surface area contributed by atoms with Crippen LogP contribution in [0.5, 0.6) is 5.75 Å². The number of hydrogen-bond acceptors (Lipinski definition) is 5. The summed E-state index contributed by atoms with van der Waals surface area (Å²) in [7, 11) is 0. The van der Waals surface area contributed by atoms with Crippen molar-refractivity contribution in [1.29, 1.82) is 0 Å². The molecule has 1 saturated carbocycles. The number of carbonyl (C=O) groups is 1. The molecule has 0 radical (unpaired) electrons. The number of aliphatic hydroxyl groups is 1. The average Bonchev–Trinajstić information content (AvgIpc) is 2.83. The first kappa shape index (κ1) is 30.9. The Labute approximate surface area is 224 Å². The van der Waals surface area contributed by atoms with E-state index >= 15 is 0 Å². The van der Waals surface area contributed by atoms with Crippen LogP contribution in [0.3, 0.4) is 0 Å². The van der Waals surface area contributed by atoms with Crippen molar-refractivity contribution >= 4 is 5.97 Å². The SMILES string of the molecule is CC(C)(C)OC(=O)COC/C=C1\CCCC[C@@]1(C)/C=C/C=C/C(O)C(C)(C)CCCOc1ccccc1. The molecule has 0 saturated heterocycles. The van der Waals surface area contributed by atoms with Gasteiger partial charge in [-0.25, -0.2) is 4.79 Å². The number of esters is 1. The zero-order valence-corrected chi connectivity index (χ0v) is 23.8. The lowest BCUT2D eigenvalue weighted by Gasteiger charge is -2.34. The summed E-state index contributed by atoms with van der Waals surface area (Å²) in [5.41, 5.74) is 0.550. The quantitative estimate of drug-likeness (QED) is 0.131.